The molecule has 0 saturated carbocycles. The van der Waals surface area contributed by atoms with Gasteiger partial charge in [-0.3, -0.25) is 19.2 Å². The van der Waals surface area contributed by atoms with Crippen LogP contribution in [-0.2, 0) is 11.3 Å². The molecular weight excluding hydrogens is 426 g/mol. The van der Waals surface area contributed by atoms with E-state index in [0.717, 1.165) is 36.1 Å². The molecule has 34 heavy (non-hydrogen) atoms. The molecule has 2 heterocycles. The van der Waals surface area contributed by atoms with Crippen molar-refractivity contribution in [2.45, 2.75) is 52.7 Å². The first-order valence-electron chi connectivity index (χ1n) is 11.9. The van der Waals surface area contributed by atoms with E-state index in [1.807, 2.05) is 53.4 Å². The lowest BCUT2D eigenvalue weighted by molar-refractivity contribution is -0.124. The van der Waals surface area contributed by atoms with E-state index in [1.165, 1.54) is 11.6 Å². The van der Waals surface area contributed by atoms with Crippen LogP contribution in [0.5, 0.6) is 0 Å². The number of nitrogens with one attached hydrogen (secondary N) is 1. The van der Waals surface area contributed by atoms with Gasteiger partial charge in [0.15, 0.2) is 5.65 Å². The summed E-state index contributed by atoms with van der Waals surface area (Å²) in [4.78, 5) is 31.8. The first-order valence-corrected chi connectivity index (χ1v) is 11.9. The number of hydrogen-bond donors (Lipinski definition) is 1. The summed E-state index contributed by atoms with van der Waals surface area (Å²) >= 11 is 0. The monoisotopic (exact) mass is 459 g/mol. The van der Waals surface area contributed by atoms with Crippen molar-refractivity contribution < 1.29 is 4.79 Å². The highest BCUT2D eigenvalue weighted by molar-refractivity contribution is 5.94. The maximum Gasteiger partial charge on any atom is 0.273 e. The number of aryl methyl sites for hydroxylation is 1. The van der Waals surface area contributed by atoms with E-state index in [-0.39, 0.29) is 11.5 Å². The van der Waals surface area contributed by atoms with Crippen molar-refractivity contribution in [1.29, 1.82) is 0 Å². The number of carbonyl (C=O) groups excluding carboxylic acids is 1. The fourth-order valence-corrected chi connectivity index (χ4v) is 4.48. The van der Waals surface area contributed by atoms with Crippen LogP contribution in [0.1, 0.15) is 44.5 Å². The molecule has 0 radical (unpaired) electrons. The lowest BCUT2D eigenvalue weighted by Gasteiger charge is -2.26. The summed E-state index contributed by atoms with van der Waals surface area (Å²) in [5.41, 5.74) is 3.22. The third-order valence-electron chi connectivity index (χ3n) is 6.32. The average molecular weight is 460 g/mol. The van der Waals surface area contributed by atoms with Crippen LogP contribution < -0.4 is 10.9 Å². The zero-order valence-electron chi connectivity index (χ0n) is 20.4. The smallest absolute Gasteiger partial charge is 0.273 e. The Morgan fingerprint density at radius 2 is 1.76 bits per heavy atom. The van der Waals surface area contributed by atoms with Crippen LogP contribution in [0.4, 0.5) is 0 Å². The third-order valence-corrected chi connectivity index (χ3v) is 6.32. The molecule has 0 aliphatic rings. The summed E-state index contributed by atoms with van der Waals surface area (Å²) in [6, 6.07) is 19.7. The van der Waals surface area contributed by atoms with Crippen LogP contribution in [0.3, 0.4) is 0 Å². The highest BCUT2D eigenvalue weighted by atomic mass is 16.2. The Morgan fingerprint density at radius 3 is 2.50 bits per heavy atom. The van der Waals surface area contributed by atoms with Gasteiger partial charge in [0.1, 0.15) is 6.04 Å². The van der Waals surface area contributed by atoms with E-state index >= 15 is 0 Å². The molecule has 0 saturated heterocycles. The minimum absolute atomic E-state index is 0.0556. The first kappa shape index (κ1) is 23.7. The molecule has 7 heteroatoms. The van der Waals surface area contributed by atoms with Crippen molar-refractivity contribution in [2.24, 2.45) is 0 Å². The molecule has 0 aliphatic heterocycles. The summed E-state index contributed by atoms with van der Waals surface area (Å²) in [5, 5.41) is 3.97. The Hall–Kier alpha value is -3.45. The number of nitrogens with zero attached hydrogens (tertiary/aromatic N) is 4. The van der Waals surface area contributed by atoms with Gasteiger partial charge in [-0.1, -0.05) is 42.5 Å². The molecule has 2 aromatic carbocycles. The van der Waals surface area contributed by atoms with Crippen LogP contribution in [-0.4, -0.2) is 44.1 Å². The Bertz CT molecular complexity index is 1340. The quantitative estimate of drug-likeness (QED) is 0.385. The third kappa shape index (κ3) is 4.89. The molecule has 1 atom stereocenters. The molecular formula is C27H33N5O2. The zero-order chi connectivity index (χ0) is 24.2. The van der Waals surface area contributed by atoms with Gasteiger partial charge in [-0.05, 0) is 51.8 Å². The van der Waals surface area contributed by atoms with Gasteiger partial charge in [-0.2, -0.15) is 4.98 Å². The number of para-hydroxylation sites is 1. The van der Waals surface area contributed by atoms with Gasteiger partial charge in [0.05, 0.1) is 5.52 Å². The van der Waals surface area contributed by atoms with Gasteiger partial charge in [0.25, 0.3) is 5.56 Å². The number of fused-ring (bicyclic) bond motifs is 3. The molecule has 1 amide bonds. The largest absolute Gasteiger partial charge is 0.354 e. The molecule has 0 spiro atoms. The van der Waals surface area contributed by atoms with Gasteiger partial charge in [0.2, 0.25) is 5.91 Å². The maximum absolute atomic E-state index is 13.1. The minimum Gasteiger partial charge on any atom is -0.354 e. The van der Waals surface area contributed by atoms with Crippen LogP contribution >= 0.6 is 0 Å². The Balaban J connectivity index is 1.45. The fraction of sp³-hybridized carbons (Fsp3) is 0.370. The Kier molecular flexibility index (Phi) is 7.12. The summed E-state index contributed by atoms with van der Waals surface area (Å²) < 4.78 is 3.80. The second-order valence-corrected chi connectivity index (χ2v) is 9.10. The van der Waals surface area contributed by atoms with Gasteiger partial charge in [0, 0.05) is 42.8 Å². The number of carbonyl (C=O) groups is 1. The van der Waals surface area contributed by atoms with Gasteiger partial charge >= 0.3 is 0 Å². The number of hydrogen-bond acceptors (Lipinski definition) is 4. The maximum atomic E-state index is 13.1. The van der Waals surface area contributed by atoms with Crippen molar-refractivity contribution in [3.8, 4) is 0 Å². The number of amides is 1. The number of benzene rings is 2. The van der Waals surface area contributed by atoms with E-state index in [0.29, 0.717) is 18.2 Å². The molecule has 4 rings (SSSR count). The van der Waals surface area contributed by atoms with Crippen molar-refractivity contribution in [2.75, 3.05) is 13.1 Å². The molecule has 0 aliphatic carbocycles. The topological polar surface area (TPSA) is 71.6 Å². The summed E-state index contributed by atoms with van der Waals surface area (Å²) in [6.45, 7) is 10.6. The van der Waals surface area contributed by atoms with Crippen molar-refractivity contribution in [1.82, 2.24) is 24.4 Å². The van der Waals surface area contributed by atoms with Crippen LogP contribution in [0.15, 0.2) is 65.5 Å². The van der Waals surface area contributed by atoms with Crippen molar-refractivity contribution in [3.05, 3.63) is 82.3 Å². The predicted molar refractivity (Wildman–Crippen MR) is 136 cm³/mol. The van der Waals surface area contributed by atoms with E-state index in [9.17, 15) is 9.59 Å². The molecule has 0 fully saturated rings. The molecule has 178 valence electrons. The second-order valence-electron chi connectivity index (χ2n) is 9.10. The number of rotatable bonds is 9. The van der Waals surface area contributed by atoms with E-state index in [1.54, 1.807) is 0 Å². The number of aromatic nitrogens is 3. The van der Waals surface area contributed by atoms with Crippen molar-refractivity contribution >= 4 is 22.5 Å². The molecule has 4 aromatic rings. The molecule has 0 unspecified atom stereocenters. The average Bonchev–Trinajstić information content (AvgIpc) is 3.15. The van der Waals surface area contributed by atoms with Crippen molar-refractivity contribution in [3.63, 3.8) is 0 Å². The second kappa shape index (κ2) is 10.2. The van der Waals surface area contributed by atoms with Gasteiger partial charge in [-0.25, -0.2) is 4.52 Å². The Morgan fingerprint density at radius 1 is 1.06 bits per heavy atom. The lowest BCUT2D eigenvalue weighted by Crippen LogP contribution is -2.36. The standard InChI is InChI=1S/C27H33N5O2/c1-19(2)30(18-22-11-6-5-7-12-22)16-10-15-28-27(34)21(4)32-24-14-9-8-13-23(24)26-29-25(33)17-20(3)31(26)32/h5-9,11-14,17,19,21H,10,15-16,18H2,1-4H3,(H,28,34)/t21-/m1/s1. The van der Waals surface area contributed by atoms with Gasteiger partial charge < -0.3 is 5.32 Å². The summed E-state index contributed by atoms with van der Waals surface area (Å²) in [6.07, 6.45) is 0.865. The first-order chi connectivity index (χ1) is 16.4. The lowest BCUT2D eigenvalue weighted by atomic mass is 10.2. The van der Waals surface area contributed by atoms with E-state index in [2.05, 4.69) is 53.3 Å². The molecule has 1 N–H and O–H groups in total. The molecule has 7 nitrogen and oxygen atoms in total. The highest BCUT2D eigenvalue weighted by Crippen LogP contribution is 2.25. The highest BCUT2D eigenvalue weighted by Gasteiger charge is 2.22. The van der Waals surface area contributed by atoms with Gasteiger partial charge in [-0.15, -0.1) is 0 Å². The minimum atomic E-state index is -0.462. The van der Waals surface area contributed by atoms with Crippen LogP contribution in [0, 0.1) is 6.92 Å². The molecule has 2 aromatic heterocycles. The Labute approximate surface area is 200 Å². The molecule has 0 bridgehead atoms. The van der Waals surface area contributed by atoms with Crippen LogP contribution in [0.25, 0.3) is 16.6 Å². The normalized spacial score (nSPS) is 12.6. The summed E-state index contributed by atoms with van der Waals surface area (Å²) in [5.74, 6) is -0.0556. The van der Waals surface area contributed by atoms with E-state index < -0.39 is 6.04 Å². The predicted octanol–water partition coefficient (Wildman–Crippen LogP) is 3.94. The van der Waals surface area contributed by atoms with E-state index in [4.69, 9.17) is 0 Å². The fourth-order valence-electron chi connectivity index (χ4n) is 4.48. The van der Waals surface area contributed by atoms with Crippen LogP contribution in [0.2, 0.25) is 0 Å². The zero-order valence-corrected chi connectivity index (χ0v) is 20.4. The SMILES string of the molecule is Cc1cc(=O)nc2c3ccccc3n([C@H](C)C(=O)NCCCN(Cc3ccccc3)C(C)C)n12. The summed E-state index contributed by atoms with van der Waals surface area (Å²) in [7, 11) is 0.